The summed E-state index contributed by atoms with van der Waals surface area (Å²) >= 11 is 0. The van der Waals surface area contributed by atoms with Crippen LogP contribution in [0.1, 0.15) is 6.42 Å². The number of nitriles is 1. The number of carboxylic acid groups (broad SMARTS) is 1. The van der Waals surface area contributed by atoms with Gasteiger partial charge in [0.25, 0.3) is 0 Å². The fraction of sp³-hybridized carbons (Fsp3) is 0.600. The second-order valence-corrected chi connectivity index (χ2v) is 1.42. The van der Waals surface area contributed by atoms with Crippen molar-refractivity contribution in [1.29, 1.82) is 5.26 Å². The minimum absolute atomic E-state index is 0.105. The van der Waals surface area contributed by atoms with Gasteiger partial charge in [-0.25, -0.2) is 4.79 Å². The van der Waals surface area contributed by atoms with Gasteiger partial charge >= 0.3 is 5.97 Å². The van der Waals surface area contributed by atoms with Crippen LogP contribution in [-0.2, 0) is 9.53 Å². The first-order chi connectivity index (χ1) is 4.22. The molecule has 0 amide bonds. The van der Waals surface area contributed by atoms with Crippen molar-refractivity contribution in [2.75, 3.05) is 7.11 Å². The highest BCUT2D eigenvalue weighted by Gasteiger charge is 2.14. The minimum atomic E-state index is -1.10. The van der Waals surface area contributed by atoms with Crippen LogP contribution in [0.2, 0.25) is 0 Å². The monoisotopic (exact) mass is 129 g/mol. The normalized spacial score (nSPS) is 12.0. The Labute approximate surface area is 52.7 Å². The van der Waals surface area contributed by atoms with E-state index in [4.69, 9.17) is 10.4 Å². The Bertz CT molecular complexity index is 138. The number of hydrogen-bond donors (Lipinski definition) is 1. The van der Waals surface area contributed by atoms with Gasteiger partial charge < -0.3 is 9.84 Å². The number of methoxy groups -OCH3 is 1. The van der Waals surface area contributed by atoms with E-state index in [-0.39, 0.29) is 6.42 Å². The zero-order valence-corrected chi connectivity index (χ0v) is 5.00. The second kappa shape index (κ2) is 3.87. The first-order valence-electron chi connectivity index (χ1n) is 2.35. The maximum absolute atomic E-state index is 10.0. The maximum Gasteiger partial charge on any atom is 0.333 e. The van der Waals surface area contributed by atoms with Gasteiger partial charge in [-0.05, 0) is 0 Å². The van der Waals surface area contributed by atoms with Crippen LogP contribution in [0.25, 0.3) is 0 Å². The molecule has 1 unspecified atom stereocenters. The Kier molecular flexibility index (Phi) is 3.40. The molecule has 0 heterocycles. The second-order valence-electron chi connectivity index (χ2n) is 1.42. The summed E-state index contributed by atoms with van der Waals surface area (Å²) < 4.78 is 4.43. The largest absolute Gasteiger partial charge is 0.479 e. The first kappa shape index (κ1) is 7.92. The van der Waals surface area contributed by atoms with Gasteiger partial charge in [0.05, 0.1) is 12.5 Å². The molecule has 0 radical (unpaired) electrons. The van der Waals surface area contributed by atoms with E-state index >= 15 is 0 Å². The lowest BCUT2D eigenvalue weighted by Crippen LogP contribution is -2.21. The molecule has 4 heteroatoms. The number of nitrogens with zero attached hydrogens (tertiary/aromatic N) is 1. The lowest BCUT2D eigenvalue weighted by atomic mass is 10.3. The molecule has 0 rings (SSSR count). The molecule has 0 aromatic carbocycles. The summed E-state index contributed by atoms with van der Waals surface area (Å²) in [5.74, 6) is -1.10. The Morgan fingerprint density at radius 3 is 2.67 bits per heavy atom. The summed E-state index contributed by atoms with van der Waals surface area (Å²) in [7, 11) is 1.26. The van der Waals surface area contributed by atoms with Gasteiger partial charge in [0, 0.05) is 7.11 Å². The van der Waals surface area contributed by atoms with Crippen molar-refractivity contribution in [3.05, 3.63) is 0 Å². The summed E-state index contributed by atoms with van der Waals surface area (Å²) in [6, 6.07) is 1.69. The number of ether oxygens (including phenoxy) is 1. The standard InChI is InChI=1S/C5H7NO3/c1-9-4(2-3-6)5(7)8/h4H,2H2,1H3,(H,7,8). The molecule has 50 valence electrons. The quantitative estimate of drug-likeness (QED) is 0.582. The maximum atomic E-state index is 10.0. The molecule has 9 heavy (non-hydrogen) atoms. The number of carbonyl (C=O) groups is 1. The van der Waals surface area contributed by atoms with Crippen LogP contribution in [0.4, 0.5) is 0 Å². The summed E-state index contributed by atoms with van der Waals surface area (Å²) in [5, 5.41) is 16.3. The van der Waals surface area contributed by atoms with Crippen molar-refractivity contribution in [1.82, 2.24) is 0 Å². The van der Waals surface area contributed by atoms with Crippen molar-refractivity contribution in [3.63, 3.8) is 0 Å². The first-order valence-corrected chi connectivity index (χ1v) is 2.35. The zero-order valence-electron chi connectivity index (χ0n) is 5.00. The highest BCUT2D eigenvalue weighted by molar-refractivity contribution is 5.72. The lowest BCUT2D eigenvalue weighted by Gasteiger charge is -2.02. The molecule has 0 aliphatic carbocycles. The predicted molar refractivity (Wildman–Crippen MR) is 28.7 cm³/mol. The van der Waals surface area contributed by atoms with Gasteiger partial charge in [-0.1, -0.05) is 0 Å². The summed E-state index contributed by atoms with van der Waals surface area (Å²) in [6.07, 6.45) is -1.08. The van der Waals surface area contributed by atoms with Crippen molar-refractivity contribution in [2.45, 2.75) is 12.5 Å². The van der Waals surface area contributed by atoms with Crippen molar-refractivity contribution < 1.29 is 14.6 Å². The third-order valence-corrected chi connectivity index (χ3v) is 0.837. The summed E-state index contributed by atoms with van der Waals surface area (Å²) in [5.41, 5.74) is 0. The SMILES string of the molecule is COC(CC#N)C(=O)O. The Balaban J connectivity index is 3.71. The van der Waals surface area contributed by atoms with Crippen LogP contribution in [0.3, 0.4) is 0 Å². The molecule has 0 saturated heterocycles. The van der Waals surface area contributed by atoms with Crippen molar-refractivity contribution in [2.24, 2.45) is 0 Å². The molecular formula is C5H7NO3. The fourth-order valence-corrected chi connectivity index (χ4v) is 0.354. The van der Waals surface area contributed by atoms with E-state index in [1.807, 2.05) is 0 Å². The zero-order chi connectivity index (χ0) is 7.28. The van der Waals surface area contributed by atoms with E-state index in [0.29, 0.717) is 0 Å². The molecule has 0 saturated carbocycles. The number of carboxylic acids is 1. The van der Waals surface area contributed by atoms with E-state index in [1.54, 1.807) is 6.07 Å². The van der Waals surface area contributed by atoms with E-state index in [0.717, 1.165) is 0 Å². The van der Waals surface area contributed by atoms with Crippen LogP contribution in [-0.4, -0.2) is 24.3 Å². The molecule has 0 bridgehead atoms. The van der Waals surface area contributed by atoms with Crippen LogP contribution in [0.5, 0.6) is 0 Å². The van der Waals surface area contributed by atoms with Crippen molar-refractivity contribution >= 4 is 5.97 Å². The lowest BCUT2D eigenvalue weighted by molar-refractivity contribution is -0.148. The van der Waals surface area contributed by atoms with Crippen LogP contribution in [0, 0.1) is 11.3 Å². The molecule has 1 N–H and O–H groups in total. The van der Waals surface area contributed by atoms with E-state index < -0.39 is 12.1 Å². The Morgan fingerprint density at radius 2 is 2.56 bits per heavy atom. The molecular weight excluding hydrogens is 122 g/mol. The number of hydrogen-bond acceptors (Lipinski definition) is 3. The van der Waals surface area contributed by atoms with Gasteiger partial charge in [-0.2, -0.15) is 5.26 Å². The third kappa shape index (κ3) is 2.67. The number of aliphatic carboxylic acids is 1. The highest BCUT2D eigenvalue weighted by Crippen LogP contribution is 1.93. The predicted octanol–water partition coefficient (Wildman–Crippen LogP) is -0.000320. The molecule has 0 aliphatic rings. The van der Waals surface area contributed by atoms with Crippen LogP contribution >= 0.6 is 0 Å². The van der Waals surface area contributed by atoms with Crippen LogP contribution < -0.4 is 0 Å². The summed E-state index contributed by atoms with van der Waals surface area (Å²) in [4.78, 5) is 10.0. The van der Waals surface area contributed by atoms with Gasteiger partial charge in [0.15, 0.2) is 6.10 Å². The van der Waals surface area contributed by atoms with Gasteiger partial charge in [0.1, 0.15) is 0 Å². The van der Waals surface area contributed by atoms with E-state index in [9.17, 15) is 4.79 Å². The average Bonchev–Trinajstić information content (AvgIpc) is 1.82. The Hall–Kier alpha value is -1.08. The molecule has 0 aromatic rings. The Morgan fingerprint density at radius 1 is 2.00 bits per heavy atom. The highest BCUT2D eigenvalue weighted by atomic mass is 16.5. The topological polar surface area (TPSA) is 70.3 Å². The van der Waals surface area contributed by atoms with Crippen molar-refractivity contribution in [3.8, 4) is 6.07 Å². The van der Waals surface area contributed by atoms with Gasteiger partial charge in [-0.3, -0.25) is 0 Å². The number of rotatable bonds is 3. The minimum Gasteiger partial charge on any atom is -0.479 e. The van der Waals surface area contributed by atoms with Crippen LogP contribution in [0.15, 0.2) is 0 Å². The molecule has 0 aliphatic heterocycles. The molecule has 4 nitrogen and oxygen atoms in total. The van der Waals surface area contributed by atoms with Gasteiger partial charge in [0.2, 0.25) is 0 Å². The smallest absolute Gasteiger partial charge is 0.333 e. The van der Waals surface area contributed by atoms with E-state index in [2.05, 4.69) is 4.74 Å². The third-order valence-electron chi connectivity index (χ3n) is 0.837. The molecule has 0 fully saturated rings. The fourth-order valence-electron chi connectivity index (χ4n) is 0.354. The van der Waals surface area contributed by atoms with E-state index in [1.165, 1.54) is 7.11 Å². The molecule has 1 atom stereocenters. The summed E-state index contributed by atoms with van der Waals surface area (Å²) in [6.45, 7) is 0. The van der Waals surface area contributed by atoms with Gasteiger partial charge in [-0.15, -0.1) is 0 Å². The molecule has 0 spiro atoms. The average molecular weight is 129 g/mol. The molecule has 0 aromatic heterocycles.